The van der Waals surface area contributed by atoms with E-state index in [1.807, 2.05) is 18.2 Å². The van der Waals surface area contributed by atoms with Gasteiger partial charge in [0.25, 0.3) is 0 Å². The molecule has 12 heavy (non-hydrogen) atoms. The summed E-state index contributed by atoms with van der Waals surface area (Å²) in [6.07, 6.45) is 1.71. The van der Waals surface area contributed by atoms with Crippen molar-refractivity contribution in [2.24, 2.45) is 4.99 Å². The van der Waals surface area contributed by atoms with E-state index in [9.17, 15) is 0 Å². The first-order valence-corrected chi connectivity index (χ1v) is 4.23. The SMILES string of the molecule is CC1NC=Nc2cc(Cl)ccc21. The molecule has 0 saturated carbocycles. The molecule has 1 N–H and O–H groups in total. The number of hydrogen-bond donors (Lipinski definition) is 1. The van der Waals surface area contributed by atoms with E-state index in [2.05, 4.69) is 17.2 Å². The molecule has 3 heteroatoms. The Morgan fingerprint density at radius 3 is 3.17 bits per heavy atom. The van der Waals surface area contributed by atoms with Crippen molar-refractivity contribution >= 4 is 23.6 Å². The average Bonchev–Trinajstić information content (AvgIpc) is 2.04. The molecule has 0 aromatic heterocycles. The van der Waals surface area contributed by atoms with Crippen LogP contribution in [0.25, 0.3) is 0 Å². The van der Waals surface area contributed by atoms with Gasteiger partial charge < -0.3 is 5.32 Å². The van der Waals surface area contributed by atoms with Crippen LogP contribution in [0.3, 0.4) is 0 Å². The van der Waals surface area contributed by atoms with Gasteiger partial charge in [-0.05, 0) is 24.6 Å². The first-order valence-electron chi connectivity index (χ1n) is 3.85. The van der Waals surface area contributed by atoms with Crippen LogP contribution in [0.5, 0.6) is 0 Å². The molecule has 0 spiro atoms. The summed E-state index contributed by atoms with van der Waals surface area (Å²) in [7, 11) is 0. The molecule has 1 heterocycles. The number of fused-ring (bicyclic) bond motifs is 1. The smallest absolute Gasteiger partial charge is 0.0891 e. The molecule has 0 amide bonds. The van der Waals surface area contributed by atoms with E-state index in [-0.39, 0.29) is 0 Å². The summed E-state index contributed by atoms with van der Waals surface area (Å²) in [5, 5.41) is 3.86. The number of aliphatic imine (C=N–C) groups is 1. The second-order valence-corrected chi connectivity index (χ2v) is 3.29. The maximum absolute atomic E-state index is 5.83. The Labute approximate surface area is 76.3 Å². The minimum Gasteiger partial charge on any atom is -0.369 e. The summed E-state index contributed by atoms with van der Waals surface area (Å²) in [5.41, 5.74) is 2.16. The highest BCUT2D eigenvalue weighted by molar-refractivity contribution is 6.30. The summed E-state index contributed by atoms with van der Waals surface area (Å²) in [6, 6.07) is 6.10. The van der Waals surface area contributed by atoms with Gasteiger partial charge in [0.1, 0.15) is 0 Å². The Morgan fingerprint density at radius 1 is 1.50 bits per heavy atom. The molecule has 1 aliphatic heterocycles. The molecule has 2 rings (SSSR count). The highest BCUT2D eigenvalue weighted by Gasteiger charge is 2.11. The zero-order valence-electron chi connectivity index (χ0n) is 6.71. The normalized spacial score (nSPS) is 20.0. The molecule has 1 atom stereocenters. The monoisotopic (exact) mass is 180 g/mol. The van der Waals surface area contributed by atoms with E-state index in [4.69, 9.17) is 11.6 Å². The minimum absolute atomic E-state index is 0.328. The maximum Gasteiger partial charge on any atom is 0.0891 e. The van der Waals surface area contributed by atoms with Gasteiger partial charge >= 0.3 is 0 Å². The van der Waals surface area contributed by atoms with Crippen molar-refractivity contribution in [3.8, 4) is 0 Å². The van der Waals surface area contributed by atoms with Crippen LogP contribution < -0.4 is 5.32 Å². The quantitative estimate of drug-likeness (QED) is 0.652. The predicted octanol–water partition coefficient (Wildman–Crippen LogP) is 2.66. The third kappa shape index (κ3) is 1.18. The van der Waals surface area contributed by atoms with Crippen molar-refractivity contribution in [2.45, 2.75) is 13.0 Å². The summed E-state index contributed by atoms with van der Waals surface area (Å²) in [4.78, 5) is 4.18. The molecule has 2 nitrogen and oxygen atoms in total. The van der Waals surface area contributed by atoms with Crippen LogP contribution in [-0.4, -0.2) is 6.34 Å². The zero-order valence-corrected chi connectivity index (χ0v) is 7.47. The minimum atomic E-state index is 0.328. The van der Waals surface area contributed by atoms with Gasteiger partial charge in [-0.15, -0.1) is 0 Å². The molecular weight excluding hydrogens is 172 g/mol. The van der Waals surface area contributed by atoms with E-state index in [1.54, 1.807) is 6.34 Å². The van der Waals surface area contributed by atoms with Crippen molar-refractivity contribution in [1.29, 1.82) is 0 Å². The summed E-state index contributed by atoms with van der Waals surface area (Å²) >= 11 is 5.83. The number of halogens is 1. The van der Waals surface area contributed by atoms with Crippen LogP contribution in [-0.2, 0) is 0 Å². The molecule has 0 fully saturated rings. The fourth-order valence-corrected chi connectivity index (χ4v) is 1.47. The van der Waals surface area contributed by atoms with Gasteiger partial charge in [0, 0.05) is 5.02 Å². The number of hydrogen-bond acceptors (Lipinski definition) is 2. The molecule has 0 aliphatic carbocycles. The van der Waals surface area contributed by atoms with E-state index in [0.717, 1.165) is 10.7 Å². The van der Waals surface area contributed by atoms with Crippen LogP contribution in [0, 0.1) is 0 Å². The molecule has 1 aliphatic rings. The van der Waals surface area contributed by atoms with E-state index < -0.39 is 0 Å². The number of nitrogens with one attached hydrogen (secondary N) is 1. The molecule has 1 aromatic carbocycles. The lowest BCUT2D eigenvalue weighted by molar-refractivity contribution is 0.717. The number of benzene rings is 1. The van der Waals surface area contributed by atoms with Crippen molar-refractivity contribution in [2.75, 3.05) is 0 Å². The molecule has 1 unspecified atom stereocenters. The van der Waals surface area contributed by atoms with E-state index in [1.165, 1.54) is 5.56 Å². The average molecular weight is 181 g/mol. The first-order chi connectivity index (χ1) is 5.77. The predicted molar refractivity (Wildman–Crippen MR) is 51.2 cm³/mol. The van der Waals surface area contributed by atoms with Gasteiger partial charge in [0.2, 0.25) is 0 Å². The first kappa shape index (κ1) is 7.62. The largest absolute Gasteiger partial charge is 0.369 e. The summed E-state index contributed by atoms with van der Waals surface area (Å²) in [5.74, 6) is 0. The van der Waals surface area contributed by atoms with Crippen molar-refractivity contribution in [3.05, 3.63) is 28.8 Å². The van der Waals surface area contributed by atoms with Crippen LogP contribution in [0.2, 0.25) is 5.02 Å². The second kappa shape index (κ2) is 2.79. The fourth-order valence-electron chi connectivity index (χ4n) is 1.30. The molecule has 62 valence electrons. The standard InChI is InChI=1S/C9H9ClN2/c1-6-8-3-2-7(10)4-9(8)12-5-11-6/h2-6H,1H3,(H,11,12). The number of rotatable bonds is 0. The zero-order chi connectivity index (χ0) is 8.55. The molecule has 0 radical (unpaired) electrons. The molecule has 0 bridgehead atoms. The fraction of sp³-hybridized carbons (Fsp3) is 0.222. The van der Waals surface area contributed by atoms with Gasteiger partial charge in [0.05, 0.1) is 18.1 Å². The molecular formula is C9H9ClN2. The van der Waals surface area contributed by atoms with Crippen molar-refractivity contribution in [1.82, 2.24) is 5.32 Å². The Morgan fingerprint density at radius 2 is 2.33 bits per heavy atom. The second-order valence-electron chi connectivity index (χ2n) is 2.85. The third-order valence-electron chi connectivity index (χ3n) is 1.99. The highest BCUT2D eigenvalue weighted by Crippen LogP contribution is 2.30. The lowest BCUT2D eigenvalue weighted by atomic mass is 10.1. The molecule has 1 aromatic rings. The summed E-state index contributed by atoms with van der Waals surface area (Å²) in [6.45, 7) is 2.10. The van der Waals surface area contributed by atoms with Crippen LogP contribution in [0.4, 0.5) is 5.69 Å². The van der Waals surface area contributed by atoms with E-state index >= 15 is 0 Å². The highest BCUT2D eigenvalue weighted by atomic mass is 35.5. The Bertz CT molecular complexity index is 333. The Balaban J connectivity index is 2.55. The van der Waals surface area contributed by atoms with Gasteiger partial charge in [0.15, 0.2) is 0 Å². The molecule has 0 saturated heterocycles. The van der Waals surface area contributed by atoms with Gasteiger partial charge in [-0.2, -0.15) is 0 Å². The van der Waals surface area contributed by atoms with Crippen molar-refractivity contribution < 1.29 is 0 Å². The Hall–Kier alpha value is -1.02. The number of nitrogens with zero attached hydrogens (tertiary/aromatic N) is 1. The lowest BCUT2D eigenvalue weighted by Gasteiger charge is -2.18. The van der Waals surface area contributed by atoms with Crippen LogP contribution >= 0.6 is 11.6 Å². The van der Waals surface area contributed by atoms with Crippen LogP contribution in [0.15, 0.2) is 23.2 Å². The third-order valence-corrected chi connectivity index (χ3v) is 2.22. The van der Waals surface area contributed by atoms with Gasteiger partial charge in [-0.25, -0.2) is 4.99 Å². The van der Waals surface area contributed by atoms with Crippen LogP contribution in [0.1, 0.15) is 18.5 Å². The van der Waals surface area contributed by atoms with Gasteiger partial charge in [-0.3, -0.25) is 0 Å². The van der Waals surface area contributed by atoms with Crippen molar-refractivity contribution in [3.63, 3.8) is 0 Å². The topological polar surface area (TPSA) is 24.4 Å². The maximum atomic E-state index is 5.83. The van der Waals surface area contributed by atoms with Gasteiger partial charge in [-0.1, -0.05) is 17.7 Å². The summed E-state index contributed by atoms with van der Waals surface area (Å²) < 4.78 is 0. The lowest BCUT2D eigenvalue weighted by Crippen LogP contribution is -2.19. The van der Waals surface area contributed by atoms with E-state index in [0.29, 0.717) is 6.04 Å². The Kier molecular flexibility index (Phi) is 1.77.